The lowest BCUT2D eigenvalue weighted by molar-refractivity contribution is 0.0730. The zero-order chi connectivity index (χ0) is 20.7. The number of thioether (sulfide) groups is 1. The molecule has 0 bridgehead atoms. The minimum atomic E-state index is -3.56. The van der Waals surface area contributed by atoms with E-state index in [1.54, 1.807) is 23.9 Å². The minimum absolute atomic E-state index is 0.0732. The summed E-state index contributed by atoms with van der Waals surface area (Å²) in [4.78, 5) is 12.6. The van der Waals surface area contributed by atoms with Gasteiger partial charge in [-0.3, -0.25) is 4.79 Å². The van der Waals surface area contributed by atoms with Crippen molar-refractivity contribution in [3.63, 3.8) is 0 Å². The lowest BCUT2D eigenvalue weighted by atomic mass is 10.1. The average molecular weight is 457 g/mol. The Morgan fingerprint density at radius 1 is 1.24 bits per heavy atom. The smallest absolute Gasteiger partial charge is 0.243 e. The van der Waals surface area contributed by atoms with Gasteiger partial charge in [0.1, 0.15) is 0 Å². The van der Waals surface area contributed by atoms with Crippen LogP contribution in [0, 0.1) is 0 Å². The van der Waals surface area contributed by atoms with Crippen LogP contribution in [-0.4, -0.2) is 67.3 Å². The second kappa shape index (κ2) is 10.5. The number of anilines is 1. The van der Waals surface area contributed by atoms with E-state index in [4.69, 9.17) is 4.74 Å². The number of benzene rings is 1. The number of hydrogen-bond acceptors (Lipinski definition) is 9. The highest BCUT2D eigenvalue weighted by Gasteiger charge is 2.26. The molecule has 1 aromatic carbocycles. The van der Waals surface area contributed by atoms with Gasteiger partial charge in [-0.15, -0.1) is 10.2 Å². The maximum absolute atomic E-state index is 12.6. The van der Waals surface area contributed by atoms with E-state index in [-0.39, 0.29) is 17.2 Å². The normalized spacial score (nSPS) is 15.3. The number of unbranched alkanes of at least 4 members (excludes halogenated alkanes) is 1. The van der Waals surface area contributed by atoms with E-state index in [1.807, 2.05) is 0 Å². The zero-order valence-corrected chi connectivity index (χ0v) is 18.6. The van der Waals surface area contributed by atoms with Crippen LogP contribution < -0.4 is 5.32 Å². The molecule has 1 aliphatic rings. The molecule has 1 aromatic heterocycles. The van der Waals surface area contributed by atoms with Gasteiger partial charge in [0.15, 0.2) is 10.1 Å². The molecule has 0 amide bonds. The molecule has 0 radical (unpaired) electrons. The number of sulfonamides is 1. The van der Waals surface area contributed by atoms with Gasteiger partial charge in [-0.25, -0.2) is 8.42 Å². The highest BCUT2D eigenvalue weighted by Crippen LogP contribution is 2.26. The third kappa shape index (κ3) is 5.98. The van der Waals surface area contributed by atoms with E-state index in [9.17, 15) is 13.2 Å². The first-order chi connectivity index (χ1) is 14.0. The van der Waals surface area contributed by atoms with Gasteiger partial charge in [0, 0.05) is 24.4 Å². The molecular formula is C18H24N4O4S3. The van der Waals surface area contributed by atoms with Crippen LogP contribution in [0.1, 0.15) is 30.1 Å². The van der Waals surface area contributed by atoms with Gasteiger partial charge < -0.3 is 10.1 Å². The van der Waals surface area contributed by atoms with Crippen LogP contribution in [0.2, 0.25) is 0 Å². The summed E-state index contributed by atoms with van der Waals surface area (Å²) in [7, 11) is -3.56. The molecule has 1 saturated heterocycles. The molecule has 1 fully saturated rings. The van der Waals surface area contributed by atoms with Gasteiger partial charge in [-0.05, 0) is 30.7 Å². The number of nitrogens with one attached hydrogen (secondary N) is 1. The number of nitrogens with zero attached hydrogens (tertiary/aromatic N) is 3. The Morgan fingerprint density at radius 2 is 1.97 bits per heavy atom. The molecule has 3 rings (SSSR count). The molecule has 158 valence electrons. The Labute approximate surface area is 179 Å². The molecular weight excluding hydrogens is 432 g/mol. The number of rotatable bonds is 10. The van der Waals surface area contributed by atoms with Crippen LogP contribution in [0.3, 0.4) is 0 Å². The van der Waals surface area contributed by atoms with Gasteiger partial charge >= 0.3 is 0 Å². The standard InChI is InChI=1S/C18H24N4O4S3/c1-2-3-12-27-18-21-20-17(28-18)19-13-16(23)14-4-6-15(7-5-14)29(24,25)22-8-10-26-11-9-22/h4-7H,2-3,8-13H2,1H3,(H,19,20). The fraction of sp³-hybridized carbons (Fsp3) is 0.500. The van der Waals surface area contributed by atoms with Crippen molar-refractivity contribution in [3.05, 3.63) is 29.8 Å². The van der Waals surface area contributed by atoms with Crippen LogP contribution in [0.5, 0.6) is 0 Å². The summed E-state index contributed by atoms with van der Waals surface area (Å²) < 4.78 is 32.8. The number of ketones is 1. The maximum Gasteiger partial charge on any atom is 0.243 e. The monoisotopic (exact) mass is 456 g/mol. The number of carbonyl (C=O) groups excluding carboxylic acids is 1. The number of ether oxygens (including phenoxy) is 1. The summed E-state index contributed by atoms with van der Waals surface area (Å²) >= 11 is 3.09. The third-order valence-electron chi connectivity index (χ3n) is 4.31. The molecule has 2 heterocycles. The molecule has 0 spiro atoms. The minimum Gasteiger partial charge on any atom is -0.379 e. The van der Waals surface area contributed by atoms with Gasteiger partial charge in [0.05, 0.1) is 24.7 Å². The molecule has 8 nitrogen and oxygen atoms in total. The summed E-state index contributed by atoms with van der Waals surface area (Å²) in [6.45, 7) is 3.69. The molecule has 1 N–H and O–H groups in total. The van der Waals surface area contributed by atoms with Gasteiger partial charge in [-0.2, -0.15) is 4.31 Å². The van der Waals surface area contributed by atoms with Gasteiger partial charge in [0.2, 0.25) is 15.2 Å². The molecule has 0 atom stereocenters. The summed E-state index contributed by atoms with van der Waals surface area (Å²) in [5, 5.41) is 11.7. The fourth-order valence-electron chi connectivity index (χ4n) is 2.65. The maximum atomic E-state index is 12.6. The number of morpholine rings is 1. The summed E-state index contributed by atoms with van der Waals surface area (Å²) in [5.41, 5.74) is 0.445. The lowest BCUT2D eigenvalue weighted by Gasteiger charge is -2.26. The van der Waals surface area contributed by atoms with Gasteiger partial charge in [-0.1, -0.05) is 36.4 Å². The first-order valence-electron chi connectivity index (χ1n) is 9.42. The average Bonchev–Trinajstić information content (AvgIpc) is 3.21. The Morgan fingerprint density at radius 3 is 2.66 bits per heavy atom. The molecule has 0 aliphatic carbocycles. The third-order valence-corrected chi connectivity index (χ3v) is 8.33. The Bertz CT molecular complexity index is 909. The second-order valence-electron chi connectivity index (χ2n) is 6.39. The number of hydrogen-bond donors (Lipinski definition) is 1. The molecule has 1 aliphatic heterocycles. The van der Waals surface area contributed by atoms with Crippen LogP contribution >= 0.6 is 23.1 Å². The van der Waals surface area contributed by atoms with E-state index in [0.29, 0.717) is 37.0 Å². The van der Waals surface area contributed by atoms with Crippen molar-refractivity contribution in [1.29, 1.82) is 0 Å². The van der Waals surface area contributed by atoms with Crippen molar-refractivity contribution >= 4 is 44.0 Å². The molecule has 11 heteroatoms. The van der Waals surface area contributed by atoms with Crippen molar-refractivity contribution in [2.45, 2.75) is 29.0 Å². The highest BCUT2D eigenvalue weighted by molar-refractivity contribution is 8.01. The molecule has 29 heavy (non-hydrogen) atoms. The topological polar surface area (TPSA) is 101 Å². The number of carbonyl (C=O) groups is 1. The highest BCUT2D eigenvalue weighted by atomic mass is 32.2. The van der Waals surface area contributed by atoms with Crippen molar-refractivity contribution in [1.82, 2.24) is 14.5 Å². The quantitative estimate of drug-likeness (QED) is 0.331. The van der Waals surface area contributed by atoms with Crippen molar-refractivity contribution < 1.29 is 17.9 Å². The van der Waals surface area contributed by atoms with E-state index in [1.165, 1.54) is 27.8 Å². The van der Waals surface area contributed by atoms with Crippen molar-refractivity contribution in [3.8, 4) is 0 Å². The van der Waals surface area contributed by atoms with E-state index in [2.05, 4.69) is 22.4 Å². The summed E-state index contributed by atoms with van der Waals surface area (Å²) in [5.74, 6) is 0.861. The van der Waals surface area contributed by atoms with E-state index < -0.39 is 10.0 Å². The number of Topliss-reactive ketones (excluding diaryl/α,β-unsaturated/α-hetero) is 1. The Hall–Kier alpha value is -1.53. The molecule has 0 saturated carbocycles. The Balaban J connectivity index is 1.55. The van der Waals surface area contributed by atoms with Crippen LogP contribution in [0.25, 0.3) is 0 Å². The van der Waals surface area contributed by atoms with E-state index >= 15 is 0 Å². The van der Waals surface area contributed by atoms with Crippen LogP contribution in [0.4, 0.5) is 5.13 Å². The van der Waals surface area contributed by atoms with Crippen molar-refractivity contribution in [2.75, 3.05) is 43.9 Å². The Kier molecular flexibility index (Phi) is 8.01. The second-order valence-corrected chi connectivity index (χ2v) is 10.7. The first-order valence-corrected chi connectivity index (χ1v) is 12.7. The first kappa shape index (κ1) is 22.2. The van der Waals surface area contributed by atoms with Crippen LogP contribution in [-0.2, 0) is 14.8 Å². The zero-order valence-electron chi connectivity index (χ0n) is 16.2. The summed E-state index contributed by atoms with van der Waals surface area (Å²) in [6, 6.07) is 6.05. The largest absolute Gasteiger partial charge is 0.379 e. The van der Waals surface area contributed by atoms with Crippen LogP contribution in [0.15, 0.2) is 33.5 Å². The number of aromatic nitrogens is 2. The predicted octanol–water partition coefficient (Wildman–Crippen LogP) is 2.75. The fourth-order valence-corrected chi connectivity index (χ4v) is 5.96. The summed E-state index contributed by atoms with van der Waals surface area (Å²) in [6.07, 6.45) is 2.26. The SMILES string of the molecule is CCCCSc1nnc(NCC(=O)c2ccc(S(=O)(=O)N3CCOCC3)cc2)s1. The lowest BCUT2D eigenvalue weighted by Crippen LogP contribution is -2.40. The molecule has 2 aromatic rings. The van der Waals surface area contributed by atoms with E-state index in [0.717, 1.165) is 22.9 Å². The molecule has 0 unspecified atom stereocenters. The predicted molar refractivity (Wildman–Crippen MR) is 114 cm³/mol. The van der Waals surface area contributed by atoms with Gasteiger partial charge in [0.25, 0.3) is 0 Å². The van der Waals surface area contributed by atoms with Crippen molar-refractivity contribution in [2.24, 2.45) is 0 Å².